The standard InChI is InChI=1S/C10H14N2O2S/c1-12(2)10(13)15-9-5-4-7(11)6-8(9)14-3/h4-6H,11H2,1-3H3. The molecule has 0 unspecified atom stereocenters. The molecule has 1 aromatic carbocycles. The number of nitrogen functional groups attached to an aromatic ring is 1. The summed E-state index contributed by atoms with van der Waals surface area (Å²) >= 11 is 1.12. The summed E-state index contributed by atoms with van der Waals surface area (Å²) in [4.78, 5) is 13.8. The molecule has 0 aliphatic heterocycles. The van der Waals surface area contributed by atoms with Crippen molar-refractivity contribution in [3.8, 4) is 5.75 Å². The van der Waals surface area contributed by atoms with Gasteiger partial charge in [-0.3, -0.25) is 4.79 Å². The summed E-state index contributed by atoms with van der Waals surface area (Å²) < 4.78 is 5.14. The maximum Gasteiger partial charge on any atom is 0.286 e. The average molecular weight is 226 g/mol. The van der Waals surface area contributed by atoms with Crippen LogP contribution in [-0.2, 0) is 0 Å². The number of nitrogens with zero attached hydrogens (tertiary/aromatic N) is 1. The van der Waals surface area contributed by atoms with Crippen LogP contribution in [0, 0.1) is 0 Å². The lowest BCUT2D eigenvalue weighted by Crippen LogP contribution is -2.16. The molecule has 0 aliphatic rings. The number of carbonyl (C=O) groups is 1. The normalized spacial score (nSPS) is 9.80. The Morgan fingerprint density at radius 1 is 1.47 bits per heavy atom. The molecule has 0 fully saturated rings. The van der Waals surface area contributed by atoms with Gasteiger partial charge in [-0.25, -0.2) is 0 Å². The molecule has 0 saturated carbocycles. The van der Waals surface area contributed by atoms with Crippen LogP contribution >= 0.6 is 11.8 Å². The predicted octanol–water partition coefficient (Wildman–Crippen LogP) is 2.05. The van der Waals surface area contributed by atoms with E-state index in [2.05, 4.69) is 0 Å². The molecule has 0 saturated heterocycles. The SMILES string of the molecule is COc1cc(N)ccc1SC(=O)N(C)C. The summed E-state index contributed by atoms with van der Waals surface area (Å²) in [5.41, 5.74) is 6.23. The molecule has 15 heavy (non-hydrogen) atoms. The molecule has 1 amide bonds. The van der Waals surface area contributed by atoms with Gasteiger partial charge in [-0.2, -0.15) is 0 Å². The number of carbonyl (C=O) groups excluding carboxylic acids is 1. The number of ether oxygens (including phenoxy) is 1. The first-order chi connectivity index (χ1) is 7.04. The summed E-state index contributed by atoms with van der Waals surface area (Å²) in [6.45, 7) is 0. The van der Waals surface area contributed by atoms with Crippen LogP contribution in [0.4, 0.5) is 10.5 Å². The van der Waals surface area contributed by atoms with E-state index < -0.39 is 0 Å². The van der Waals surface area contributed by atoms with Crippen molar-refractivity contribution in [1.82, 2.24) is 4.90 Å². The smallest absolute Gasteiger partial charge is 0.286 e. The van der Waals surface area contributed by atoms with Crippen LogP contribution in [0.5, 0.6) is 5.75 Å². The number of nitrogens with two attached hydrogens (primary N) is 1. The van der Waals surface area contributed by atoms with Crippen LogP contribution in [0.15, 0.2) is 23.1 Å². The number of amides is 1. The molecule has 82 valence electrons. The second kappa shape index (κ2) is 4.93. The molecular formula is C10H14N2O2S. The Balaban J connectivity index is 2.89. The van der Waals surface area contributed by atoms with E-state index in [-0.39, 0.29) is 5.24 Å². The lowest BCUT2D eigenvalue weighted by Gasteiger charge is -2.11. The number of benzene rings is 1. The molecule has 0 aromatic heterocycles. The number of anilines is 1. The average Bonchev–Trinajstić information content (AvgIpc) is 2.20. The lowest BCUT2D eigenvalue weighted by molar-refractivity contribution is 0.241. The summed E-state index contributed by atoms with van der Waals surface area (Å²) in [7, 11) is 4.97. The van der Waals surface area contributed by atoms with Crippen molar-refractivity contribution in [2.24, 2.45) is 0 Å². The van der Waals surface area contributed by atoms with Gasteiger partial charge in [0.1, 0.15) is 5.75 Å². The van der Waals surface area contributed by atoms with E-state index in [1.165, 1.54) is 4.90 Å². The van der Waals surface area contributed by atoms with E-state index >= 15 is 0 Å². The monoisotopic (exact) mass is 226 g/mol. The predicted molar refractivity (Wildman–Crippen MR) is 62.3 cm³/mol. The van der Waals surface area contributed by atoms with E-state index in [9.17, 15) is 4.79 Å². The van der Waals surface area contributed by atoms with E-state index in [0.29, 0.717) is 11.4 Å². The van der Waals surface area contributed by atoms with Gasteiger partial charge in [0.15, 0.2) is 0 Å². The van der Waals surface area contributed by atoms with Crippen molar-refractivity contribution in [3.05, 3.63) is 18.2 Å². The van der Waals surface area contributed by atoms with E-state index in [4.69, 9.17) is 10.5 Å². The maximum absolute atomic E-state index is 11.5. The zero-order valence-electron chi connectivity index (χ0n) is 8.98. The van der Waals surface area contributed by atoms with Gasteiger partial charge in [0.2, 0.25) is 0 Å². The number of thioether (sulfide) groups is 1. The largest absolute Gasteiger partial charge is 0.495 e. The van der Waals surface area contributed by atoms with Gasteiger partial charge >= 0.3 is 0 Å². The van der Waals surface area contributed by atoms with Gasteiger partial charge in [-0.1, -0.05) is 0 Å². The maximum atomic E-state index is 11.5. The van der Waals surface area contributed by atoms with Gasteiger partial charge in [0.05, 0.1) is 12.0 Å². The minimum Gasteiger partial charge on any atom is -0.495 e. The number of hydrogen-bond acceptors (Lipinski definition) is 4. The van der Waals surface area contributed by atoms with Crippen molar-refractivity contribution in [3.63, 3.8) is 0 Å². The minimum absolute atomic E-state index is 0.0435. The first-order valence-electron chi connectivity index (χ1n) is 4.37. The topological polar surface area (TPSA) is 55.6 Å². The Kier molecular flexibility index (Phi) is 3.85. The summed E-state index contributed by atoms with van der Waals surface area (Å²) in [6.07, 6.45) is 0. The third-order valence-corrected chi connectivity index (χ3v) is 2.85. The third-order valence-electron chi connectivity index (χ3n) is 1.75. The highest BCUT2D eigenvalue weighted by Gasteiger charge is 2.11. The highest BCUT2D eigenvalue weighted by atomic mass is 32.2. The molecule has 1 aromatic rings. The zero-order chi connectivity index (χ0) is 11.4. The molecule has 0 spiro atoms. The fourth-order valence-corrected chi connectivity index (χ4v) is 1.70. The van der Waals surface area contributed by atoms with Gasteiger partial charge < -0.3 is 15.4 Å². The number of hydrogen-bond donors (Lipinski definition) is 1. The zero-order valence-corrected chi connectivity index (χ0v) is 9.80. The molecule has 4 nitrogen and oxygen atoms in total. The Morgan fingerprint density at radius 3 is 2.67 bits per heavy atom. The van der Waals surface area contributed by atoms with E-state index in [0.717, 1.165) is 16.7 Å². The molecule has 0 bridgehead atoms. The minimum atomic E-state index is -0.0435. The quantitative estimate of drug-likeness (QED) is 0.619. The first-order valence-corrected chi connectivity index (χ1v) is 5.19. The van der Waals surface area contributed by atoms with E-state index in [1.807, 2.05) is 0 Å². The fraction of sp³-hybridized carbons (Fsp3) is 0.300. The lowest BCUT2D eigenvalue weighted by atomic mass is 10.3. The molecule has 0 atom stereocenters. The fourth-order valence-electron chi connectivity index (χ4n) is 0.954. The Labute approximate surface area is 93.4 Å². The second-order valence-electron chi connectivity index (χ2n) is 3.17. The number of methoxy groups -OCH3 is 1. The molecule has 5 heteroatoms. The van der Waals surface area contributed by atoms with Crippen molar-refractivity contribution < 1.29 is 9.53 Å². The van der Waals surface area contributed by atoms with Crippen molar-refractivity contribution in [1.29, 1.82) is 0 Å². The van der Waals surface area contributed by atoms with Crippen LogP contribution in [0.1, 0.15) is 0 Å². The van der Waals surface area contributed by atoms with Crippen LogP contribution in [0.2, 0.25) is 0 Å². The molecular weight excluding hydrogens is 212 g/mol. The molecule has 1 rings (SSSR count). The summed E-state index contributed by atoms with van der Waals surface area (Å²) in [6, 6.07) is 5.22. The molecule has 0 heterocycles. The van der Waals surface area contributed by atoms with Crippen LogP contribution in [-0.4, -0.2) is 31.3 Å². The van der Waals surface area contributed by atoms with Gasteiger partial charge in [0, 0.05) is 25.8 Å². The van der Waals surface area contributed by atoms with Crippen molar-refractivity contribution >= 4 is 22.7 Å². The van der Waals surface area contributed by atoms with E-state index in [1.54, 1.807) is 39.4 Å². The summed E-state index contributed by atoms with van der Waals surface area (Å²) in [5, 5.41) is -0.0435. The highest BCUT2D eigenvalue weighted by molar-refractivity contribution is 8.13. The van der Waals surface area contributed by atoms with Crippen LogP contribution in [0.25, 0.3) is 0 Å². The number of rotatable bonds is 2. The van der Waals surface area contributed by atoms with Crippen molar-refractivity contribution in [2.75, 3.05) is 26.9 Å². The van der Waals surface area contributed by atoms with Gasteiger partial charge in [0.25, 0.3) is 5.24 Å². The highest BCUT2D eigenvalue weighted by Crippen LogP contribution is 2.31. The molecule has 2 N–H and O–H groups in total. The third kappa shape index (κ3) is 3.06. The molecule has 0 radical (unpaired) electrons. The van der Waals surface area contributed by atoms with Gasteiger partial charge in [-0.05, 0) is 23.9 Å². The van der Waals surface area contributed by atoms with Crippen molar-refractivity contribution in [2.45, 2.75) is 4.90 Å². The Morgan fingerprint density at radius 2 is 2.13 bits per heavy atom. The Bertz CT molecular complexity index is 366. The molecule has 0 aliphatic carbocycles. The van der Waals surface area contributed by atoms with Gasteiger partial charge in [-0.15, -0.1) is 0 Å². The van der Waals surface area contributed by atoms with Crippen LogP contribution < -0.4 is 10.5 Å². The Hall–Kier alpha value is -1.36. The second-order valence-corrected chi connectivity index (χ2v) is 4.17. The first kappa shape index (κ1) is 11.7. The summed E-state index contributed by atoms with van der Waals surface area (Å²) in [5.74, 6) is 0.621. The van der Waals surface area contributed by atoms with Crippen LogP contribution in [0.3, 0.4) is 0 Å².